The number of aliphatic hydroxyl groups excluding tert-OH is 2. The molecule has 0 heterocycles. The Morgan fingerprint density at radius 2 is 1.77 bits per heavy atom. The highest BCUT2D eigenvalue weighted by Gasteiger charge is 2.60. The molecule has 0 aromatic carbocycles. The molecule has 3 saturated carbocycles. The summed E-state index contributed by atoms with van der Waals surface area (Å²) < 4.78 is 0. The van der Waals surface area contributed by atoms with Gasteiger partial charge in [-0.2, -0.15) is 0 Å². The van der Waals surface area contributed by atoms with Crippen LogP contribution < -0.4 is 0 Å². The first-order chi connectivity index (χ1) is 14.6. The molecule has 2 nitrogen and oxygen atoms in total. The van der Waals surface area contributed by atoms with Gasteiger partial charge in [0, 0.05) is 0 Å². The molecule has 0 bridgehead atoms. The second kappa shape index (κ2) is 8.64. The van der Waals surface area contributed by atoms with E-state index in [1.165, 1.54) is 44.1 Å². The molecule has 0 spiro atoms. The molecule has 4 aliphatic rings. The molecular weight excluding hydrogens is 380 g/mol. The van der Waals surface area contributed by atoms with Crippen molar-refractivity contribution in [1.29, 1.82) is 0 Å². The molecule has 4 aliphatic carbocycles. The Bertz CT molecular complexity index is 695. The van der Waals surface area contributed by atoms with Gasteiger partial charge in [-0.1, -0.05) is 46.8 Å². The number of allylic oxidation sites excluding steroid dienone is 1. The van der Waals surface area contributed by atoms with Crippen molar-refractivity contribution >= 4 is 0 Å². The van der Waals surface area contributed by atoms with Crippen molar-refractivity contribution in [2.24, 2.45) is 52.3 Å². The SMILES string of the molecule is C=CC(CCC(C)C1CCC2C3CC(O)C4=CC(O)CCC4(C)C3CCC12C)C(C)C. The lowest BCUT2D eigenvalue weighted by Gasteiger charge is -2.60. The number of hydrogen-bond donors (Lipinski definition) is 2. The van der Waals surface area contributed by atoms with Crippen LogP contribution in [0.5, 0.6) is 0 Å². The lowest BCUT2D eigenvalue weighted by Crippen LogP contribution is -2.54. The minimum absolute atomic E-state index is 0.0983. The van der Waals surface area contributed by atoms with Crippen LogP contribution in [0.25, 0.3) is 0 Å². The molecule has 0 saturated heterocycles. The Hall–Kier alpha value is -0.600. The van der Waals surface area contributed by atoms with Gasteiger partial charge in [-0.25, -0.2) is 0 Å². The molecule has 2 N–H and O–H groups in total. The summed E-state index contributed by atoms with van der Waals surface area (Å²) in [5.41, 5.74) is 1.71. The van der Waals surface area contributed by atoms with E-state index >= 15 is 0 Å². The zero-order valence-corrected chi connectivity index (χ0v) is 20.8. The standard InChI is InChI=1S/C29H48O2/c1-7-20(18(2)3)9-8-19(4)23-10-11-24-22-17-27(31)26-16-21(30)12-14-29(26,6)25(22)13-15-28(23,24)5/h7,16,18-25,27,30-31H,1,8-15,17H2,2-6H3. The first-order valence-electron chi connectivity index (χ1n) is 13.3. The normalized spacial score (nSPS) is 46.5. The number of hydrogen-bond acceptors (Lipinski definition) is 2. The molecule has 31 heavy (non-hydrogen) atoms. The summed E-state index contributed by atoms with van der Waals surface area (Å²) in [4.78, 5) is 0. The van der Waals surface area contributed by atoms with Crippen LogP contribution in [-0.2, 0) is 0 Å². The van der Waals surface area contributed by atoms with Crippen molar-refractivity contribution in [2.45, 2.75) is 105 Å². The Morgan fingerprint density at radius 1 is 1.03 bits per heavy atom. The zero-order valence-electron chi connectivity index (χ0n) is 20.8. The molecule has 0 aromatic heterocycles. The van der Waals surface area contributed by atoms with Crippen LogP contribution in [0.15, 0.2) is 24.3 Å². The van der Waals surface area contributed by atoms with E-state index < -0.39 is 0 Å². The van der Waals surface area contributed by atoms with Gasteiger partial charge in [0.2, 0.25) is 0 Å². The molecule has 0 amide bonds. The van der Waals surface area contributed by atoms with Crippen molar-refractivity contribution < 1.29 is 10.2 Å². The summed E-state index contributed by atoms with van der Waals surface area (Å²) in [6.07, 6.45) is 14.3. The number of aliphatic hydroxyl groups is 2. The maximum absolute atomic E-state index is 11.1. The quantitative estimate of drug-likeness (QED) is 0.458. The predicted molar refractivity (Wildman–Crippen MR) is 130 cm³/mol. The van der Waals surface area contributed by atoms with Crippen molar-refractivity contribution in [3.05, 3.63) is 24.3 Å². The fourth-order valence-electron chi connectivity index (χ4n) is 9.11. The summed E-state index contributed by atoms with van der Waals surface area (Å²) in [7, 11) is 0. The summed E-state index contributed by atoms with van der Waals surface area (Å²) in [5.74, 6) is 5.03. The number of fused-ring (bicyclic) bond motifs is 5. The highest BCUT2D eigenvalue weighted by Crippen LogP contribution is 2.67. The third-order valence-corrected chi connectivity index (χ3v) is 11.0. The van der Waals surface area contributed by atoms with Crippen LogP contribution in [0, 0.1) is 52.3 Å². The Balaban J connectivity index is 1.51. The maximum atomic E-state index is 11.1. The fraction of sp³-hybridized carbons (Fsp3) is 0.862. The van der Waals surface area contributed by atoms with E-state index in [9.17, 15) is 10.2 Å². The maximum Gasteiger partial charge on any atom is 0.0759 e. The van der Waals surface area contributed by atoms with Crippen molar-refractivity contribution in [3.63, 3.8) is 0 Å². The molecule has 0 radical (unpaired) electrons. The zero-order chi connectivity index (χ0) is 22.6. The van der Waals surface area contributed by atoms with Gasteiger partial charge in [-0.05, 0) is 116 Å². The summed E-state index contributed by atoms with van der Waals surface area (Å²) in [5, 5.41) is 21.4. The van der Waals surface area contributed by atoms with Crippen molar-refractivity contribution in [1.82, 2.24) is 0 Å². The van der Waals surface area contributed by atoms with Crippen LogP contribution in [0.3, 0.4) is 0 Å². The van der Waals surface area contributed by atoms with Gasteiger partial charge in [-0.3, -0.25) is 0 Å². The molecule has 10 atom stereocenters. The average Bonchev–Trinajstić information content (AvgIpc) is 3.07. The van der Waals surface area contributed by atoms with E-state index in [2.05, 4.69) is 47.3 Å². The molecule has 2 heteroatoms. The average molecular weight is 429 g/mol. The Kier molecular flexibility index (Phi) is 6.56. The largest absolute Gasteiger partial charge is 0.389 e. The fourth-order valence-corrected chi connectivity index (χ4v) is 9.11. The van der Waals surface area contributed by atoms with Gasteiger partial charge < -0.3 is 10.2 Å². The minimum atomic E-state index is -0.356. The van der Waals surface area contributed by atoms with Crippen LogP contribution in [0.1, 0.15) is 92.4 Å². The lowest BCUT2D eigenvalue weighted by molar-refractivity contribution is -0.0875. The number of rotatable bonds is 6. The highest BCUT2D eigenvalue weighted by atomic mass is 16.3. The minimum Gasteiger partial charge on any atom is -0.389 e. The molecule has 0 aliphatic heterocycles. The van der Waals surface area contributed by atoms with E-state index in [4.69, 9.17) is 0 Å². The molecule has 10 unspecified atom stereocenters. The topological polar surface area (TPSA) is 40.5 Å². The van der Waals surface area contributed by atoms with Gasteiger partial charge in [0.05, 0.1) is 12.2 Å². The Labute approximate surface area is 191 Å². The monoisotopic (exact) mass is 428 g/mol. The van der Waals surface area contributed by atoms with Crippen LogP contribution in [0.2, 0.25) is 0 Å². The Morgan fingerprint density at radius 3 is 2.45 bits per heavy atom. The molecule has 4 rings (SSSR count). The van der Waals surface area contributed by atoms with Crippen LogP contribution >= 0.6 is 0 Å². The first-order valence-corrected chi connectivity index (χ1v) is 13.3. The second-order valence-electron chi connectivity index (χ2n) is 12.7. The van der Waals surface area contributed by atoms with Crippen molar-refractivity contribution in [2.75, 3.05) is 0 Å². The molecule has 176 valence electrons. The summed E-state index contributed by atoms with van der Waals surface area (Å²) in [6.45, 7) is 16.3. The molecule has 3 fully saturated rings. The highest BCUT2D eigenvalue weighted by molar-refractivity contribution is 5.29. The van der Waals surface area contributed by atoms with E-state index in [1.807, 2.05) is 6.08 Å². The van der Waals surface area contributed by atoms with Gasteiger partial charge in [-0.15, -0.1) is 6.58 Å². The predicted octanol–water partition coefficient (Wildman–Crippen LogP) is 6.77. The first kappa shape index (κ1) is 23.6. The van der Waals surface area contributed by atoms with Gasteiger partial charge in [0.15, 0.2) is 0 Å². The molecule has 0 aromatic rings. The van der Waals surface area contributed by atoms with Crippen LogP contribution in [-0.4, -0.2) is 22.4 Å². The van der Waals surface area contributed by atoms with E-state index in [0.717, 1.165) is 37.0 Å². The summed E-state index contributed by atoms with van der Waals surface area (Å²) in [6, 6.07) is 0. The van der Waals surface area contributed by atoms with Gasteiger partial charge in [0.1, 0.15) is 0 Å². The second-order valence-corrected chi connectivity index (χ2v) is 12.7. The molecular formula is C29H48O2. The summed E-state index contributed by atoms with van der Waals surface area (Å²) >= 11 is 0. The smallest absolute Gasteiger partial charge is 0.0759 e. The van der Waals surface area contributed by atoms with E-state index in [0.29, 0.717) is 29.1 Å². The third kappa shape index (κ3) is 3.88. The van der Waals surface area contributed by atoms with Crippen molar-refractivity contribution in [3.8, 4) is 0 Å². The van der Waals surface area contributed by atoms with Gasteiger partial charge in [0.25, 0.3) is 0 Å². The van der Waals surface area contributed by atoms with Crippen LogP contribution in [0.4, 0.5) is 0 Å². The van der Waals surface area contributed by atoms with Gasteiger partial charge >= 0.3 is 0 Å². The van der Waals surface area contributed by atoms with E-state index in [-0.39, 0.29) is 17.6 Å². The third-order valence-electron chi connectivity index (χ3n) is 11.0. The lowest BCUT2D eigenvalue weighted by atomic mass is 9.46. The van der Waals surface area contributed by atoms with E-state index in [1.54, 1.807) is 0 Å².